The first-order valence-corrected chi connectivity index (χ1v) is 7.49. The summed E-state index contributed by atoms with van der Waals surface area (Å²) in [6.45, 7) is 0. The van der Waals surface area contributed by atoms with Crippen molar-refractivity contribution in [3.63, 3.8) is 0 Å². The van der Waals surface area contributed by atoms with Crippen LogP contribution >= 0.6 is 0 Å². The maximum atomic E-state index is 10.8. The summed E-state index contributed by atoms with van der Waals surface area (Å²) in [7, 11) is 0. The van der Waals surface area contributed by atoms with Crippen LogP contribution < -0.4 is 5.43 Å². The van der Waals surface area contributed by atoms with Gasteiger partial charge in [-0.1, -0.05) is 30.3 Å². The van der Waals surface area contributed by atoms with E-state index >= 15 is 0 Å². The van der Waals surface area contributed by atoms with Crippen molar-refractivity contribution < 1.29 is 4.92 Å². The number of nitro groups is 1. The predicted octanol–water partition coefficient (Wildman–Crippen LogP) is 3.15. The van der Waals surface area contributed by atoms with Crippen molar-refractivity contribution in [2.24, 2.45) is 4.99 Å². The molecule has 0 radical (unpaired) electrons. The van der Waals surface area contributed by atoms with E-state index in [1.54, 1.807) is 29.1 Å². The Hall–Kier alpha value is -3.81. The maximum absolute atomic E-state index is 10.8. The van der Waals surface area contributed by atoms with Gasteiger partial charge in [0, 0.05) is 23.9 Å². The fourth-order valence-corrected chi connectivity index (χ4v) is 2.50. The number of fused-ring (bicyclic) bond motifs is 1. The Balaban J connectivity index is 1.71. The van der Waals surface area contributed by atoms with Crippen molar-refractivity contribution in [3.8, 4) is 11.4 Å². The van der Waals surface area contributed by atoms with Crippen molar-refractivity contribution in [1.82, 2.24) is 14.9 Å². The minimum absolute atomic E-state index is 0.0431. The number of nitrogens with zero attached hydrogens (tertiary/aromatic N) is 5. The molecule has 8 nitrogen and oxygen atoms in total. The van der Waals surface area contributed by atoms with Crippen LogP contribution in [0.4, 0.5) is 11.6 Å². The smallest absolute Gasteiger partial charge is 0.270 e. The van der Waals surface area contributed by atoms with Crippen molar-refractivity contribution in [1.29, 1.82) is 0 Å². The summed E-state index contributed by atoms with van der Waals surface area (Å²) in [5, 5.41) is 19.1. The molecule has 0 saturated carbocycles. The zero-order valence-electron chi connectivity index (χ0n) is 12.9. The molecule has 0 unspecified atom stereocenters. The van der Waals surface area contributed by atoms with Crippen LogP contribution in [-0.2, 0) is 0 Å². The number of nitrogens with one attached hydrogen (secondary N) is 1. The SMILES string of the molecule is O=[N+]([O-])c1ccc(C2=CC=Nc3nnc(-c4ccccc4)n3N2)cc1. The van der Waals surface area contributed by atoms with Gasteiger partial charge in [0.15, 0.2) is 5.82 Å². The van der Waals surface area contributed by atoms with Gasteiger partial charge in [0.05, 0.1) is 10.6 Å². The summed E-state index contributed by atoms with van der Waals surface area (Å²) in [6, 6.07) is 15.9. The minimum Gasteiger partial charge on any atom is -0.289 e. The van der Waals surface area contributed by atoms with Crippen molar-refractivity contribution in [2.75, 3.05) is 5.43 Å². The van der Waals surface area contributed by atoms with Crippen molar-refractivity contribution >= 4 is 23.5 Å². The summed E-state index contributed by atoms with van der Waals surface area (Å²) in [4.78, 5) is 14.7. The van der Waals surface area contributed by atoms with Crippen LogP contribution in [0.2, 0.25) is 0 Å². The third-order valence-electron chi connectivity index (χ3n) is 3.73. The first-order chi connectivity index (χ1) is 12.2. The molecule has 0 spiro atoms. The fourth-order valence-electron chi connectivity index (χ4n) is 2.50. The normalized spacial score (nSPS) is 12.7. The number of benzene rings is 2. The lowest BCUT2D eigenvalue weighted by Gasteiger charge is -2.13. The van der Waals surface area contributed by atoms with E-state index in [1.165, 1.54) is 12.1 Å². The Morgan fingerprint density at radius 2 is 1.72 bits per heavy atom. The van der Waals surface area contributed by atoms with E-state index in [1.807, 2.05) is 30.3 Å². The molecule has 1 aliphatic rings. The number of aliphatic imine (C=N–C) groups is 1. The molecule has 0 bridgehead atoms. The van der Waals surface area contributed by atoms with Crippen LogP contribution in [0.25, 0.3) is 17.1 Å². The van der Waals surface area contributed by atoms with Crippen molar-refractivity contribution in [3.05, 3.63) is 76.4 Å². The number of hydrogen-bond donors (Lipinski definition) is 1. The van der Waals surface area contributed by atoms with Crippen LogP contribution in [0, 0.1) is 10.1 Å². The van der Waals surface area contributed by atoms with Gasteiger partial charge in [0.25, 0.3) is 11.6 Å². The van der Waals surface area contributed by atoms with E-state index in [0.29, 0.717) is 11.8 Å². The molecule has 1 N–H and O–H groups in total. The van der Waals surface area contributed by atoms with Crippen LogP contribution in [0.1, 0.15) is 5.56 Å². The lowest BCUT2D eigenvalue weighted by atomic mass is 10.1. The first kappa shape index (κ1) is 14.8. The monoisotopic (exact) mass is 332 g/mol. The average molecular weight is 332 g/mol. The number of hydrogen-bond acceptors (Lipinski definition) is 6. The summed E-state index contributed by atoms with van der Waals surface area (Å²) in [5.74, 6) is 1.05. The molecular weight excluding hydrogens is 320 g/mol. The van der Waals surface area contributed by atoms with Gasteiger partial charge < -0.3 is 0 Å². The number of rotatable bonds is 3. The van der Waals surface area contributed by atoms with Gasteiger partial charge in [0.1, 0.15) is 0 Å². The molecule has 1 aliphatic heterocycles. The van der Waals surface area contributed by atoms with Crippen LogP contribution in [-0.4, -0.2) is 26.0 Å². The second-order valence-electron chi connectivity index (χ2n) is 5.30. The largest absolute Gasteiger partial charge is 0.289 e. The van der Waals surface area contributed by atoms with Crippen LogP contribution in [0.5, 0.6) is 0 Å². The molecule has 2 heterocycles. The van der Waals surface area contributed by atoms with Gasteiger partial charge in [-0.2, -0.15) is 4.68 Å². The van der Waals surface area contributed by atoms with Gasteiger partial charge in [-0.15, -0.1) is 10.2 Å². The number of allylic oxidation sites excluding steroid dienone is 1. The van der Waals surface area contributed by atoms with E-state index < -0.39 is 4.92 Å². The highest BCUT2D eigenvalue weighted by molar-refractivity contribution is 5.89. The molecule has 8 heteroatoms. The third kappa shape index (κ3) is 2.76. The maximum Gasteiger partial charge on any atom is 0.270 e. The molecule has 0 saturated heterocycles. The fraction of sp³-hybridized carbons (Fsp3) is 0. The lowest BCUT2D eigenvalue weighted by molar-refractivity contribution is -0.384. The summed E-state index contributed by atoms with van der Waals surface area (Å²) in [5.41, 5.74) is 5.69. The molecular formula is C17H12N6O2. The van der Waals surface area contributed by atoms with Gasteiger partial charge in [-0.05, 0) is 23.8 Å². The number of nitro benzene ring substituents is 1. The third-order valence-corrected chi connectivity index (χ3v) is 3.73. The standard InChI is InChI=1S/C17H12N6O2/c24-23(25)14-8-6-12(7-9-14)15-10-11-18-17-20-19-16(22(17)21-15)13-4-2-1-3-5-13/h1-11,21H. The van der Waals surface area contributed by atoms with Gasteiger partial charge in [-0.3, -0.25) is 15.5 Å². The van der Waals surface area contributed by atoms with Crippen LogP contribution in [0.3, 0.4) is 0 Å². The molecule has 0 fully saturated rings. The summed E-state index contributed by atoms with van der Waals surface area (Å²) < 4.78 is 1.69. The highest BCUT2D eigenvalue weighted by Gasteiger charge is 2.16. The summed E-state index contributed by atoms with van der Waals surface area (Å²) in [6.07, 6.45) is 3.40. The topological polar surface area (TPSA) is 98.2 Å². The van der Waals surface area contributed by atoms with E-state index in [9.17, 15) is 10.1 Å². The second-order valence-corrected chi connectivity index (χ2v) is 5.30. The molecule has 0 amide bonds. The zero-order chi connectivity index (χ0) is 17.2. The molecule has 122 valence electrons. The Kier molecular flexibility index (Phi) is 3.55. The van der Waals surface area contributed by atoms with Crippen LogP contribution in [0.15, 0.2) is 65.7 Å². The summed E-state index contributed by atoms with van der Waals surface area (Å²) >= 11 is 0. The average Bonchev–Trinajstić information content (AvgIpc) is 2.92. The quantitative estimate of drug-likeness (QED) is 0.587. The molecule has 1 aromatic heterocycles. The number of aromatic nitrogens is 3. The molecule has 3 aromatic rings. The van der Waals surface area contributed by atoms with E-state index in [2.05, 4.69) is 20.6 Å². The molecule has 4 rings (SSSR count). The minimum atomic E-state index is -0.425. The molecule has 0 atom stereocenters. The Morgan fingerprint density at radius 3 is 2.44 bits per heavy atom. The van der Waals surface area contributed by atoms with Gasteiger partial charge in [0.2, 0.25) is 0 Å². The Morgan fingerprint density at radius 1 is 0.960 bits per heavy atom. The zero-order valence-corrected chi connectivity index (χ0v) is 12.9. The Labute approximate surface area is 142 Å². The number of non-ortho nitro benzene ring substituents is 1. The van der Waals surface area contributed by atoms with E-state index in [4.69, 9.17) is 0 Å². The molecule has 0 aliphatic carbocycles. The van der Waals surface area contributed by atoms with E-state index in [-0.39, 0.29) is 5.69 Å². The first-order valence-electron chi connectivity index (χ1n) is 7.49. The highest BCUT2D eigenvalue weighted by Crippen LogP contribution is 2.25. The highest BCUT2D eigenvalue weighted by atomic mass is 16.6. The molecule has 2 aromatic carbocycles. The molecule has 25 heavy (non-hydrogen) atoms. The lowest BCUT2D eigenvalue weighted by Crippen LogP contribution is -2.14. The van der Waals surface area contributed by atoms with E-state index in [0.717, 1.165) is 16.8 Å². The second kappa shape index (κ2) is 6.00. The predicted molar refractivity (Wildman–Crippen MR) is 94.0 cm³/mol. The van der Waals surface area contributed by atoms with Crippen molar-refractivity contribution in [2.45, 2.75) is 0 Å². The Bertz CT molecular complexity index is 990. The van der Waals surface area contributed by atoms with Gasteiger partial charge >= 0.3 is 0 Å². The van der Waals surface area contributed by atoms with Gasteiger partial charge in [-0.25, -0.2) is 4.99 Å².